The lowest BCUT2D eigenvalue weighted by Gasteiger charge is -2.11. The van der Waals surface area contributed by atoms with E-state index in [4.69, 9.17) is 11.6 Å². The normalized spacial score (nSPS) is 11.7. The number of nitrogens with zero attached hydrogens (tertiary/aromatic N) is 4. The van der Waals surface area contributed by atoms with E-state index in [1.807, 2.05) is 40.3 Å². The zero-order valence-corrected chi connectivity index (χ0v) is 17.7. The number of benzene rings is 1. The van der Waals surface area contributed by atoms with E-state index in [2.05, 4.69) is 15.2 Å². The Morgan fingerprint density at radius 1 is 1.07 bits per heavy atom. The standard InChI is InChI=1S/C20H14ClF3N4S2/c21-16-7-6-14(20(22,23)24)10-13(16)12-30-19-27-26-18(17-5-1-2-8-25-17)28(19)11-15-4-3-9-29-15/h1-10H,11-12H2. The predicted octanol–water partition coefficient (Wildman–Crippen LogP) is 6.41. The number of pyridine rings is 1. The van der Waals surface area contributed by atoms with Crippen molar-refractivity contribution in [3.05, 3.63) is 81.1 Å². The Labute approximate surface area is 183 Å². The number of thiophene rings is 1. The molecule has 154 valence electrons. The van der Waals surface area contributed by atoms with E-state index in [1.54, 1.807) is 17.5 Å². The number of halogens is 4. The molecule has 0 atom stereocenters. The molecule has 0 saturated carbocycles. The first-order valence-corrected chi connectivity index (χ1v) is 11.0. The monoisotopic (exact) mass is 466 g/mol. The molecule has 0 saturated heterocycles. The van der Waals surface area contributed by atoms with Crippen LogP contribution in [0.3, 0.4) is 0 Å². The summed E-state index contributed by atoms with van der Waals surface area (Å²) < 4.78 is 41.1. The van der Waals surface area contributed by atoms with E-state index < -0.39 is 11.7 Å². The Morgan fingerprint density at radius 2 is 1.93 bits per heavy atom. The molecular formula is C20H14ClF3N4S2. The van der Waals surface area contributed by atoms with Gasteiger partial charge in [-0.25, -0.2) is 0 Å². The molecule has 0 spiro atoms. The summed E-state index contributed by atoms with van der Waals surface area (Å²) in [6, 6.07) is 12.8. The zero-order valence-electron chi connectivity index (χ0n) is 15.3. The Kier molecular flexibility index (Phi) is 6.12. The number of rotatable bonds is 6. The third-order valence-corrected chi connectivity index (χ3v) is 6.48. The minimum atomic E-state index is -4.42. The summed E-state index contributed by atoms with van der Waals surface area (Å²) in [6.45, 7) is 0.537. The summed E-state index contributed by atoms with van der Waals surface area (Å²) in [5.41, 5.74) is 0.337. The van der Waals surface area contributed by atoms with Gasteiger partial charge in [-0.05, 0) is 47.3 Å². The van der Waals surface area contributed by atoms with Crippen molar-refractivity contribution in [3.63, 3.8) is 0 Å². The maximum atomic E-state index is 13.0. The highest BCUT2D eigenvalue weighted by Gasteiger charge is 2.31. The molecule has 4 nitrogen and oxygen atoms in total. The van der Waals surface area contributed by atoms with Crippen LogP contribution in [0.4, 0.5) is 13.2 Å². The van der Waals surface area contributed by atoms with Gasteiger partial charge >= 0.3 is 6.18 Å². The van der Waals surface area contributed by atoms with Crippen LogP contribution in [0.1, 0.15) is 16.0 Å². The van der Waals surface area contributed by atoms with Gasteiger partial charge in [0, 0.05) is 21.8 Å². The maximum Gasteiger partial charge on any atom is 0.416 e. The van der Waals surface area contributed by atoms with E-state index in [9.17, 15) is 13.2 Å². The molecule has 30 heavy (non-hydrogen) atoms. The largest absolute Gasteiger partial charge is 0.416 e. The SMILES string of the molecule is FC(F)(F)c1ccc(Cl)c(CSc2nnc(-c3ccccn3)n2Cc2cccs2)c1. The van der Waals surface area contributed by atoms with Crippen molar-refractivity contribution < 1.29 is 13.2 Å². The molecule has 4 rings (SSSR count). The lowest BCUT2D eigenvalue weighted by molar-refractivity contribution is -0.137. The molecule has 0 radical (unpaired) electrons. The van der Waals surface area contributed by atoms with E-state index in [0.29, 0.717) is 28.8 Å². The van der Waals surface area contributed by atoms with Crippen LogP contribution in [-0.4, -0.2) is 19.7 Å². The summed E-state index contributed by atoms with van der Waals surface area (Å²) in [4.78, 5) is 5.45. The van der Waals surface area contributed by atoms with Crippen molar-refractivity contribution in [2.75, 3.05) is 0 Å². The van der Waals surface area contributed by atoms with Gasteiger partial charge in [0.15, 0.2) is 11.0 Å². The second kappa shape index (κ2) is 8.79. The average molecular weight is 467 g/mol. The summed E-state index contributed by atoms with van der Waals surface area (Å²) in [5.74, 6) is 0.828. The Bertz CT molecular complexity index is 1130. The minimum absolute atomic E-state index is 0.230. The first-order valence-electron chi connectivity index (χ1n) is 8.77. The highest BCUT2D eigenvalue weighted by atomic mass is 35.5. The molecule has 4 aromatic rings. The van der Waals surface area contributed by atoms with Gasteiger partial charge < -0.3 is 0 Å². The molecule has 1 aromatic carbocycles. The third kappa shape index (κ3) is 4.69. The van der Waals surface area contributed by atoms with Gasteiger partial charge in [0.1, 0.15) is 5.69 Å². The molecule has 0 bridgehead atoms. The fraction of sp³-hybridized carbons (Fsp3) is 0.150. The minimum Gasteiger partial charge on any atom is -0.295 e. The van der Waals surface area contributed by atoms with Crippen LogP contribution < -0.4 is 0 Å². The lowest BCUT2D eigenvalue weighted by atomic mass is 10.1. The molecule has 3 heterocycles. The highest BCUT2D eigenvalue weighted by molar-refractivity contribution is 7.98. The van der Waals surface area contributed by atoms with E-state index in [1.165, 1.54) is 17.8 Å². The fourth-order valence-corrected chi connectivity index (χ4v) is 4.67. The van der Waals surface area contributed by atoms with E-state index in [0.717, 1.165) is 17.0 Å². The predicted molar refractivity (Wildman–Crippen MR) is 113 cm³/mol. The van der Waals surface area contributed by atoms with Crippen molar-refractivity contribution in [2.24, 2.45) is 0 Å². The first-order chi connectivity index (χ1) is 14.4. The van der Waals surface area contributed by atoms with Crippen molar-refractivity contribution in [2.45, 2.75) is 23.6 Å². The van der Waals surface area contributed by atoms with Crippen molar-refractivity contribution in [3.8, 4) is 11.5 Å². The van der Waals surface area contributed by atoms with Gasteiger partial charge in [-0.2, -0.15) is 13.2 Å². The van der Waals surface area contributed by atoms with Crippen LogP contribution in [0, 0.1) is 0 Å². The highest BCUT2D eigenvalue weighted by Crippen LogP contribution is 2.34. The van der Waals surface area contributed by atoms with Gasteiger partial charge in [0.05, 0.1) is 12.1 Å². The summed E-state index contributed by atoms with van der Waals surface area (Å²) in [5, 5.41) is 11.4. The van der Waals surface area contributed by atoms with E-state index >= 15 is 0 Å². The number of hydrogen-bond acceptors (Lipinski definition) is 5. The van der Waals surface area contributed by atoms with Crippen LogP contribution in [0.15, 0.2) is 65.3 Å². The van der Waals surface area contributed by atoms with Crippen LogP contribution >= 0.6 is 34.7 Å². The topological polar surface area (TPSA) is 43.6 Å². The molecule has 0 amide bonds. The number of thioether (sulfide) groups is 1. The molecule has 3 aromatic heterocycles. The fourth-order valence-electron chi connectivity index (χ4n) is 2.78. The van der Waals surface area contributed by atoms with Crippen molar-refractivity contribution in [1.82, 2.24) is 19.7 Å². The average Bonchev–Trinajstić information content (AvgIpc) is 3.38. The molecular weight excluding hydrogens is 453 g/mol. The molecule has 10 heteroatoms. The molecule has 0 aliphatic carbocycles. The summed E-state index contributed by atoms with van der Waals surface area (Å²) in [7, 11) is 0. The van der Waals surface area contributed by atoms with Crippen molar-refractivity contribution in [1.29, 1.82) is 0 Å². The van der Waals surface area contributed by atoms with Crippen LogP contribution in [-0.2, 0) is 18.5 Å². The lowest BCUT2D eigenvalue weighted by Crippen LogP contribution is -2.06. The number of aromatic nitrogens is 4. The molecule has 0 fully saturated rings. The van der Waals surface area contributed by atoms with E-state index in [-0.39, 0.29) is 10.8 Å². The Morgan fingerprint density at radius 3 is 2.63 bits per heavy atom. The van der Waals surface area contributed by atoms with Crippen molar-refractivity contribution >= 4 is 34.7 Å². The molecule has 0 unspecified atom stereocenters. The Balaban J connectivity index is 1.64. The molecule has 0 N–H and O–H groups in total. The van der Waals surface area contributed by atoms with Crippen LogP contribution in [0.2, 0.25) is 5.02 Å². The van der Waals surface area contributed by atoms with Gasteiger partial charge in [-0.3, -0.25) is 9.55 Å². The van der Waals surface area contributed by atoms with Gasteiger partial charge in [-0.1, -0.05) is 35.5 Å². The van der Waals surface area contributed by atoms with Gasteiger partial charge in [-0.15, -0.1) is 21.5 Å². The summed E-state index contributed by atoms with van der Waals surface area (Å²) in [6.07, 6.45) is -2.75. The molecule has 0 aliphatic rings. The zero-order chi connectivity index (χ0) is 21.1. The molecule has 0 aliphatic heterocycles. The number of hydrogen-bond donors (Lipinski definition) is 0. The maximum absolute atomic E-state index is 13.0. The second-order valence-electron chi connectivity index (χ2n) is 6.28. The van der Waals surface area contributed by atoms with Gasteiger partial charge in [0.2, 0.25) is 0 Å². The number of alkyl halides is 3. The smallest absolute Gasteiger partial charge is 0.295 e. The summed E-state index contributed by atoms with van der Waals surface area (Å²) >= 11 is 9.03. The third-order valence-electron chi connectivity index (χ3n) is 4.23. The van der Waals surface area contributed by atoms with Gasteiger partial charge in [0.25, 0.3) is 0 Å². The first kappa shape index (κ1) is 20.9. The Hall–Kier alpha value is -2.36. The van der Waals surface area contributed by atoms with Crippen LogP contribution in [0.5, 0.6) is 0 Å². The van der Waals surface area contributed by atoms with Crippen LogP contribution in [0.25, 0.3) is 11.5 Å². The second-order valence-corrected chi connectivity index (χ2v) is 8.66. The quantitative estimate of drug-likeness (QED) is 0.308.